The Labute approximate surface area is 141 Å². The quantitative estimate of drug-likeness (QED) is 0.843. The van der Waals surface area contributed by atoms with E-state index in [1.165, 1.54) is 0 Å². The molecule has 1 aromatic heterocycles. The van der Waals surface area contributed by atoms with Crippen LogP contribution in [0.4, 0.5) is 0 Å². The second kappa shape index (κ2) is 7.90. The van der Waals surface area contributed by atoms with Crippen molar-refractivity contribution in [1.29, 1.82) is 0 Å². The molecule has 126 valence electrons. The molecule has 3 rings (SSSR count). The Balaban J connectivity index is 1.63. The lowest BCUT2D eigenvalue weighted by atomic mass is 10.1. The number of amides is 1. The third-order valence-corrected chi connectivity index (χ3v) is 3.75. The maximum Gasteiger partial charge on any atom is 0.254 e. The number of benzene rings is 1. The van der Waals surface area contributed by atoms with E-state index in [9.17, 15) is 4.79 Å². The predicted molar refractivity (Wildman–Crippen MR) is 88.3 cm³/mol. The zero-order valence-electron chi connectivity index (χ0n) is 13.6. The van der Waals surface area contributed by atoms with Crippen molar-refractivity contribution >= 4 is 5.91 Å². The van der Waals surface area contributed by atoms with Crippen molar-refractivity contribution in [2.75, 3.05) is 33.4 Å². The molecule has 0 bridgehead atoms. The lowest BCUT2D eigenvalue weighted by molar-refractivity contribution is -0.0531. The minimum Gasteiger partial charge on any atom is -0.456 e. The number of methoxy groups -OCH3 is 1. The van der Waals surface area contributed by atoms with Gasteiger partial charge in [-0.1, -0.05) is 0 Å². The molecule has 0 saturated carbocycles. The van der Waals surface area contributed by atoms with Crippen molar-refractivity contribution in [2.45, 2.75) is 6.10 Å². The molecule has 0 N–H and O–H groups in total. The average molecular weight is 328 g/mol. The van der Waals surface area contributed by atoms with E-state index in [-0.39, 0.29) is 12.0 Å². The summed E-state index contributed by atoms with van der Waals surface area (Å²) in [5.41, 5.74) is 0.631. The molecule has 1 atom stereocenters. The van der Waals surface area contributed by atoms with Crippen molar-refractivity contribution in [3.8, 4) is 11.5 Å². The zero-order valence-corrected chi connectivity index (χ0v) is 13.6. The van der Waals surface area contributed by atoms with Gasteiger partial charge in [0.15, 0.2) is 0 Å². The normalized spacial score (nSPS) is 17.5. The van der Waals surface area contributed by atoms with E-state index in [1.54, 1.807) is 48.7 Å². The second-order valence-corrected chi connectivity index (χ2v) is 5.51. The van der Waals surface area contributed by atoms with Gasteiger partial charge in [0.05, 0.1) is 25.5 Å². The number of morpholine rings is 1. The van der Waals surface area contributed by atoms with Gasteiger partial charge in [0, 0.05) is 32.0 Å². The van der Waals surface area contributed by atoms with Crippen LogP contribution in [0.3, 0.4) is 0 Å². The Bertz CT molecular complexity index is 658. The molecule has 2 aromatic rings. The summed E-state index contributed by atoms with van der Waals surface area (Å²) >= 11 is 0. The SMILES string of the molecule is COCC1CN(C(=O)c2ccc(Oc3cccnc3)cc2)CCO1. The van der Waals surface area contributed by atoms with Crippen LogP contribution in [0.15, 0.2) is 48.8 Å². The van der Waals surface area contributed by atoms with Gasteiger partial charge in [-0.15, -0.1) is 0 Å². The van der Waals surface area contributed by atoms with E-state index < -0.39 is 0 Å². The van der Waals surface area contributed by atoms with Gasteiger partial charge in [-0.25, -0.2) is 0 Å². The summed E-state index contributed by atoms with van der Waals surface area (Å²) in [7, 11) is 1.63. The fraction of sp³-hybridized carbons (Fsp3) is 0.333. The van der Waals surface area contributed by atoms with Gasteiger partial charge in [0.1, 0.15) is 11.5 Å². The van der Waals surface area contributed by atoms with Crippen LogP contribution in [0.2, 0.25) is 0 Å². The predicted octanol–water partition coefficient (Wildman–Crippen LogP) is 2.36. The van der Waals surface area contributed by atoms with Gasteiger partial charge >= 0.3 is 0 Å². The third-order valence-electron chi connectivity index (χ3n) is 3.75. The molecule has 1 unspecified atom stereocenters. The monoisotopic (exact) mass is 328 g/mol. The average Bonchev–Trinajstić information content (AvgIpc) is 2.63. The maximum atomic E-state index is 12.6. The topological polar surface area (TPSA) is 60.9 Å². The number of carbonyl (C=O) groups is 1. The second-order valence-electron chi connectivity index (χ2n) is 5.51. The summed E-state index contributed by atoms with van der Waals surface area (Å²) in [6.07, 6.45) is 3.26. The van der Waals surface area contributed by atoms with E-state index in [1.807, 2.05) is 12.1 Å². The van der Waals surface area contributed by atoms with Crippen molar-refractivity contribution in [1.82, 2.24) is 9.88 Å². The van der Waals surface area contributed by atoms with Crippen LogP contribution in [0.1, 0.15) is 10.4 Å². The molecule has 2 heterocycles. The first-order chi connectivity index (χ1) is 11.8. The molecular formula is C18H20N2O4. The highest BCUT2D eigenvalue weighted by Crippen LogP contribution is 2.21. The molecule has 24 heavy (non-hydrogen) atoms. The summed E-state index contributed by atoms with van der Waals surface area (Å²) < 4.78 is 16.4. The van der Waals surface area contributed by atoms with Crippen LogP contribution in [0.25, 0.3) is 0 Å². The van der Waals surface area contributed by atoms with Crippen molar-refractivity contribution in [2.24, 2.45) is 0 Å². The molecule has 6 heteroatoms. The fourth-order valence-corrected chi connectivity index (χ4v) is 2.58. The standard InChI is InChI=1S/C18H20N2O4/c1-22-13-17-12-20(9-10-23-17)18(21)14-4-6-15(7-5-14)24-16-3-2-8-19-11-16/h2-8,11,17H,9-10,12-13H2,1H3. The van der Waals surface area contributed by atoms with Gasteiger partial charge in [-0.2, -0.15) is 0 Å². The van der Waals surface area contributed by atoms with E-state index in [0.29, 0.717) is 43.4 Å². The van der Waals surface area contributed by atoms with Crippen molar-refractivity contribution < 1.29 is 19.0 Å². The Hall–Kier alpha value is -2.44. The van der Waals surface area contributed by atoms with Crippen LogP contribution in [0.5, 0.6) is 11.5 Å². The molecule has 1 aliphatic rings. The Kier molecular flexibility index (Phi) is 5.40. The van der Waals surface area contributed by atoms with Crippen LogP contribution < -0.4 is 4.74 Å². The molecule has 0 spiro atoms. The number of aromatic nitrogens is 1. The first-order valence-electron chi connectivity index (χ1n) is 7.84. The highest BCUT2D eigenvalue weighted by molar-refractivity contribution is 5.94. The summed E-state index contributed by atoms with van der Waals surface area (Å²) in [6.45, 7) is 2.15. The fourth-order valence-electron chi connectivity index (χ4n) is 2.58. The number of nitrogens with zero attached hydrogens (tertiary/aromatic N) is 2. The molecule has 0 radical (unpaired) electrons. The van der Waals surface area contributed by atoms with Gasteiger partial charge in [-0.3, -0.25) is 9.78 Å². The molecule has 6 nitrogen and oxygen atoms in total. The Morgan fingerprint density at radius 2 is 2.12 bits per heavy atom. The first-order valence-corrected chi connectivity index (χ1v) is 7.84. The van der Waals surface area contributed by atoms with E-state index in [4.69, 9.17) is 14.2 Å². The minimum atomic E-state index is -0.0686. The van der Waals surface area contributed by atoms with E-state index in [2.05, 4.69) is 4.98 Å². The lowest BCUT2D eigenvalue weighted by Gasteiger charge is -2.32. The van der Waals surface area contributed by atoms with E-state index >= 15 is 0 Å². The third kappa shape index (κ3) is 4.10. The summed E-state index contributed by atoms with van der Waals surface area (Å²) in [5.74, 6) is 1.32. The molecule has 1 aliphatic heterocycles. The largest absolute Gasteiger partial charge is 0.456 e. The van der Waals surface area contributed by atoms with Gasteiger partial charge < -0.3 is 19.1 Å². The number of hydrogen-bond acceptors (Lipinski definition) is 5. The summed E-state index contributed by atoms with van der Waals surface area (Å²) in [5, 5.41) is 0. The zero-order chi connectivity index (χ0) is 16.8. The number of carbonyl (C=O) groups excluding carboxylic acids is 1. The van der Waals surface area contributed by atoms with Crippen LogP contribution >= 0.6 is 0 Å². The highest BCUT2D eigenvalue weighted by Gasteiger charge is 2.24. The lowest BCUT2D eigenvalue weighted by Crippen LogP contribution is -2.47. The Morgan fingerprint density at radius 3 is 2.83 bits per heavy atom. The Morgan fingerprint density at radius 1 is 1.29 bits per heavy atom. The number of rotatable bonds is 5. The number of pyridine rings is 1. The van der Waals surface area contributed by atoms with Crippen LogP contribution in [-0.2, 0) is 9.47 Å². The smallest absolute Gasteiger partial charge is 0.254 e. The van der Waals surface area contributed by atoms with Gasteiger partial charge in [0.25, 0.3) is 5.91 Å². The summed E-state index contributed by atoms with van der Waals surface area (Å²) in [6, 6.07) is 10.8. The van der Waals surface area contributed by atoms with E-state index in [0.717, 1.165) is 0 Å². The van der Waals surface area contributed by atoms with Crippen LogP contribution in [0, 0.1) is 0 Å². The van der Waals surface area contributed by atoms with Gasteiger partial charge in [0.2, 0.25) is 0 Å². The highest BCUT2D eigenvalue weighted by atomic mass is 16.5. The van der Waals surface area contributed by atoms with Crippen molar-refractivity contribution in [3.63, 3.8) is 0 Å². The molecular weight excluding hydrogens is 308 g/mol. The summed E-state index contributed by atoms with van der Waals surface area (Å²) in [4.78, 5) is 18.4. The molecule has 1 amide bonds. The molecule has 1 aromatic carbocycles. The maximum absolute atomic E-state index is 12.6. The molecule has 0 aliphatic carbocycles. The number of ether oxygens (including phenoxy) is 3. The first kappa shape index (κ1) is 16.4. The van der Waals surface area contributed by atoms with Crippen molar-refractivity contribution in [3.05, 3.63) is 54.4 Å². The number of hydrogen-bond donors (Lipinski definition) is 0. The minimum absolute atomic E-state index is 0.00710. The van der Waals surface area contributed by atoms with Gasteiger partial charge in [-0.05, 0) is 36.4 Å². The van der Waals surface area contributed by atoms with Crippen LogP contribution in [-0.4, -0.2) is 55.3 Å². The molecule has 1 fully saturated rings. The molecule has 1 saturated heterocycles.